The first kappa shape index (κ1) is 18.0. The molecule has 2 amide bonds. The highest BCUT2D eigenvalue weighted by Gasteiger charge is 2.20. The molecule has 1 fully saturated rings. The molecule has 1 aromatic carbocycles. The highest BCUT2D eigenvalue weighted by molar-refractivity contribution is 6.30. The maximum absolute atomic E-state index is 12.4. The fourth-order valence-electron chi connectivity index (χ4n) is 2.90. The maximum Gasteiger partial charge on any atom is 0.321 e. The number of halogens is 1. The molecular formula is C17H26ClN3O2. The molecule has 0 aromatic heterocycles. The fraction of sp³-hybridized carbons (Fsp3) is 0.588. The van der Waals surface area contributed by atoms with Crippen molar-refractivity contribution in [2.45, 2.75) is 13.3 Å². The van der Waals surface area contributed by atoms with Crippen LogP contribution in [0.1, 0.15) is 13.3 Å². The first-order chi connectivity index (χ1) is 11.1. The van der Waals surface area contributed by atoms with E-state index in [0.717, 1.165) is 51.4 Å². The monoisotopic (exact) mass is 339 g/mol. The second-order valence-corrected chi connectivity index (χ2v) is 6.58. The third-order valence-electron chi connectivity index (χ3n) is 3.97. The smallest absolute Gasteiger partial charge is 0.321 e. The summed E-state index contributed by atoms with van der Waals surface area (Å²) in [6, 6.07) is 7.18. The number of amides is 2. The molecule has 0 saturated carbocycles. The van der Waals surface area contributed by atoms with Crippen molar-refractivity contribution in [3.63, 3.8) is 0 Å². The fourth-order valence-corrected chi connectivity index (χ4v) is 3.09. The molecular weight excluding hydrogens is 314 g/mol. The van der Waals surface area contributed by atoms with Gasteiger partial charge in [-0.15, -0.1) is 0 Å². The molecule has 1 atom stereocenters. The van der Waals surface area contributed by atoms with Crippen molar-refractivity contribution in [2.24, 2.45) is 5.92 Å². The van der Waals surface area contributed by atoms with Crippen molar-refractivity contribution < 1.29 is 9.53 Å². The van der Waals surface area contributed by atoms with E-state index in [9.17, 15) is 4.79 Å². The molecule has 0 bridgehead atoms. The number of hydrogen-bond acceptors (Lipinski definition) is 3. The number of nitrogens with one attached hydrogen (secondary N) is 1. The van der Waals surface area contributed by atoms with Gasteiger partial charge in [-0.2, -0.15) is 0 Å². The van der Waals surface area contributed by atoms with E-state index in [-0.39, 0.29) is 6.03 Å². The molecule has 5 nitrogen and oxygen atoms in total. The van der Waals surface area contributed by atoms with Crippen molar-refractivity contribution in [2.75, 3.05) is 51.8 Å². The lowest BCUT2D eigenvalue weighted by molar-refractivity contribution is 0.130. The Bertz CT molecular complexity index is 512. The second kappa shape index (κ2) is 9.11. The van der Waals surface area contributed by atoms with Crippen molar-refractivity contribution in [1.82, 2.24) is 9.80 Å². The van der Waals surface area contributed by atoms with Crippen molar-refractivity contribution in [3.05, 3.63) is 29.3 Å². The molecule has 0 radical (unpaired) electrons. The van der Waals surface area contributed by atoms with E-state index in [1.165, 1.54) is 0 Å². The molecule has 1 saturated heterocycles. The van der Waals surface area contributed by atoms with E-state index >= 15 is 0 Å². The van der Waals surface area contributed by atoms with Crippen molar-refractivity contribution in [3.8, 4) is 0 Å². The molecule has 1 N–H and O–H groups in total. The van der Waals surface area contributed by atoms with Crippen LogP contribution in [0.4, 0.5) is 10.5 Å². The number of carbonyl (C=O) groups excluding carboxylic acids is 1. The lowest BCUT2D eigenvalue weighted by Gasteiger charge is -2.24. The Kier molecular flexibility index (Phi) is 7.15. The molecule has 23 heavy (non-hydrogen) atoms. The summed E-state index contributed by atoms with van der Waals surface area (Å²) in [5.74, 6) is 0.506. The Morgan fingerprint density at radius 2 is 2.17 bits per heavy atom. The third-order valence-corrected chi connectivity index (χ3v) is 4.21. The summed E-state index contributed by atoms with van der Waals surface area (Å²) in [6.45, 7) is 7.42. The zero-order valence-corrected chi connectivity index (χ0v) is 14.7. The first-order valence-corrected chi connectivity index (χ1v) is 8.49. The molecule has 128 valence electrons. The molecule has 1 aliphatic heterocycles. The average molecular weight is 340 g/mol. The summed E-state index contributed by atoms with van der Waals surface area (Å²) < 4.78 is 5.20. The quantitative estimate of drug-likeness (QED) is 0.896. The highest BCUT2D eigenvalue weighted by Crippen LogP contribution is 2.16. The Hall–Kier alpha value is -1.30. The maximum atomic E-state index is 12.4. The standard InChI is InChI=1S/C17H26ClN3O2/c1-14(13-23-2)12-20-7-4-8-21(10-9-20)17(22)19-16-6-3-5-15(18)11-16/h3,5-6,11,14H,4,7-10,12-13H2,1-2H3,(H,19,22)/t14-/m0/s1. The van der Waals surface area contributed by atoms with E-state index < -0.39 is 0 Å². The zero-order valence-electron chi connectivity index (χ0n) is 13.9. The lowest BCUT2D eigenvalue weighted by Crippen LogP contribution is -2.38. The van der Waals surface area contributed by atoms with Gasteiger partial charge in [-0.25, -0.2) is 4.79 Å². The summed E-state index contributed by atoms with van der Waals surface area (Å²) in [7, 11) is 1.74. The van der Waals surface area contributed by atoms with Crippen LogP contribution in [0.5, 0.6) is 0 Å². The van der Waals surface area contributed by atoms with Gasteiger partial charge in [-0.3, -0.25) is 0 Å². The van der Waals surface area contributed by atoms with Gasteiger partial charge in [0.25, 0.3) is 0 Å². The minimum atomic E-state index is -0.0564. The molecule has 2 rings (SSSR count). The number of methoxy groups -OCH3 is 1. The van der Waals surface area contributed by atoms with Gasteiger partial charge < -0.3 is 19.9 Å². The lowest BCUT2D eigenvalue weighted by atomic mass is 10.2. The Morgan fingerprint density at radius 1 is 1.35 bits per heavy atom. The number of urea groups is 1. The summed E-state index contributed by atoms with van der Waals surface area (Å²) >= 11 is 5.95. The summed E-state index contributed by atoms with van der Waals surface area (Å²) in [5, 5.41) is 3.54. The van der Waals surface area contributed by atoms with Gasteiger partial charge in [0.15, 0.2) is 0 Å². The van der Waals surface area contributed by atoms with E-state index in [2.05, 4.69) is 17.1 Å². The van der Waals surface area contributed by atoms with Crippen LogP contribution < -0.4 is 5.32 Å². The molecule has 0 spiro atoms. The minimum Gasteiger partial charge on any atom is -0.384 e. The predicted molar refractivity (Wildman–Crippen MR) is 94.1 cm³/mol. The van der Waals surface area contributed by atoms with Crippen LogP contribution in [-0.2, 0) is 4.74 Å². The van der Waals surface area contributed by atoms with Gasteiger partial charge in [0.2, 0.25) is 0 Å². The number of rotatable bonds is 5. The van der Waals surface area contributed by atoms with E-state index in [1.807, 2.05) is 17.0 Å². The second-order valence-electron chi connectivity index (χ2n) is 6.14. The van der Waals surface area contributed by atoms with Crippen LogP contribution in [0.2, 0.25) is 5.02 Å². The van der Waals surface area contributed by atoms with E-state index in [4.69, 9.17) is 16.3 Å². The molecule has 6 heteroatoms. The third kappa shape index (κ3) is 6.01. The van der Waals surface area contributed by atoms with E-state index in [1.54, 1.807) is 19.2 Å². The average Bonchev–Trinajstić information content (AvgIpc) is 2.73. The summed E-state index contributed by atoms with van der Waals surface area (Å²) in [4.78, 5) is 16.7. The Morgan fingerprint density at radius 3 is 2.91 bits per heavy atom. The SMILES string of the molecule is COC[C@@H](C)CN1CCCN(C(=O)Nc2cccc(Cl)c2)CC1. The highest BCUT2D eigenvalue weighted by atomic mass is 35.5. The van der Waals surface area contributed by atoms with Gasteiger partial charge >= 0.3 is 6.03 Å². The van der Waals surface area contributed by atoms with E-state index in [0.29, 0.717) is 10.9 Å². The van der Waals surface area contributed by atoms with Crippen LogP contribution in [0.25, 0.3) is 0 Å². The Balaban J connectivity index is 1.83. The van der Waals surface area contributed by atoms with Crippen LogP contribution in [0, 0.1) is 5.92 Å². The molecule has 1 heterocycles. The van der Waals surface area contributed by atoms with Crippen LogP contribution >= 0.6 is 11.6 Å². The molecule has 0 unspecified atom stereocenters. The van der Waals surface area contributed by atoms with Crippen LogP contribution in [0.15, 0.2) is 24.3 Å². The van der Waals surface area contributed by atoms with Gasteiger partial charge in [-0.1, -0.05) is 24.6 Å². The predicted octanol–water partition coefficient (Wildman–Crippen LogP) is 3.16. The van der Waals surface area contributed by atoms with Gasteiger partial charge in [-0.05, 0) is 37.1 Å². The normalized spacial score (nSPS) is 17.6. The number of anilines is 1. The first-order valence-electron chi connectivity index (χ1n) is 8.11. The number of hydrogen-bond donors (Lipinski definition) is 1. The summed E-state index contributed by atoms with van der Waals surface area (Å²) in [5.41, 5.74) is 0.734. The van der Waals surface area contributed by atoms with Gasteiger partial charge in [0.05, 0.1) is 0 Å². The number of carbonyl (C=O) groups is 1. The topological polar surface area (TPSA) is 44.8 Å². The van der Waals surface area contributed by atoms with Crippen molar-refractivity contribution >= 4 is 23.3 Å². The number of ether oxygens (including phenoxy) is 1. The summed E-state index contributed by atoms with van der Waals surface area (Å²) in [6.07, 6.45) is 0.989. The van der Waals surface area contributed by atoms with Crippen LogP contribution in [0.3, 0.4) is 0 Å². The number of nitrogens with zero attached hydrogens (tertiary/aromatic N) is 2. The van der Waals surface area contributed by atoms with Crippen LogP contribution in [-0.4, -0.2) is 62.3 Å². The molecule has 0 aliphatic carbocycles. The minimum absolute atomic E-state index is 0.0564. The zero-order chi connectivity index (χ0) is 16.7. The largest absolute Gasteiger partial charge is 0.384 e. The molecule has 1 aromatic rings. The van der Waals surface area contributed by atoms with Crippen molar-refractivity contribution in [1.29, 1.82) is 0 Å². The molecule has 1 aliphatic rings. The number of benzene rings is 1. The van der Waals surface area contributed by atoms with Gasteiger partial charge in [0, 0.05) is 50.6 Å². The van der Waals surface area contributed by atoms with Gasteiger partial charge in [0.1, 0.15) is 0 Å². The Labute approximate surface area is 143 Å².